The molecule has 0 spiro atoms. The van der Waals surface area contributed by atoms with Gasteiger partial charge in [0.2, 0.25) is 0 Å². The van der Waals surface area contributed by atoms with Gasteiger partial charge in [-0.2, -0.15) is 0 Å². The molecule has 1 aromatic carbocycles. The maximum Gasteiger partial charge on any atom is 0.104 e. The molecule has 0 atom stereocenters. The third kappa shape index (κ3) is 15.8. The zero-order valence-corrected chi connectivity index (χ0v) is 18.5. The molecule has 0 fully saturated rings. The van der Waals surface area contributed by atoms with Crippen molar-refractivity contribution >= 4 is 0 Å². The summed E-state index contributed by atoms with van der Waals surface area (Å²) in [4.78, 5) is 0. The molecule has 0 saturated carbocycles. The van der Waals surface area contributed by atoms with Gasteiger partial charge in [0, 0.05) is 5.56 Å². The predicted molar refractivity (Wildman–Crippen MR) is 117 cm³/mol. The SMILES string of the molecule is CCCCCCCCCCCCCCCC[N+](C)(C)Cc1ccccc1.[F-]. The summed E-state index contributed by atoms with van der Waals surface area (Å²) in [6.07, 6.45) is 20.2. The van der Waals surface area contributed by atoms with Crippen LogP contribution in [0.3, 0.4) is 0 Å². The van der Waals surface area contributed by atoms with Crippen LogP contribution in [0.4, 0.5) is 0 Å². The molecule has 0 N–H and O–H groups in total. The maximum absolute atomic E-state index is 2.37. The Morgan fingerprint density at radius 3 is 1.44 bits per heavy atom. The second-order valence-electron chi connectivity index (χ2n) is 8.90. The molecule has 0 aromatic heterocycles. The van der Waals surface area contributed by atoms with Gasteiger partial charge in [-0.25, -0.2) is 0 Å². The van der Waals surface area contributed by atoms with Crippen LogP contribution < -0.4 is 4.70 Å². The predicted octanol–water partition coefficient (Wildman–Crippen LogP) is 4.75. The van der Waals surface area contributed by atoms with E-state index in [0.717, 1.165) is 11.0 Å². The minimum Gasteiger partial charge on any atom is -1.00 e. The van der Waals surface area contributed by atoms with Crippen molar-refractivity contribution < 1.29 is 9.19 Å². The number of unbranched alkanes of at least 4 members (excludes halogenated alkanes) is 13. The van der Waals surface area contributed by atoms with Crippen molar-refractivity contribution in [3.05, 3.63) is 35.9 Å². The zero-order valence-electron chi connectivity index (χ0n) is 18.5. The van der Waals surface area contributed by atoms with Crippen molar-refractivity contribution in [2.45, 2.75) is 103 Å². The second-order valence-corrected chi connectivity index (χ2v) is 8.90. The molecule has 0 amide bonds. The van der Waals surface area contributed by atoms with Gasteiger partial charge in [-0.15, -0.1) is 0 Å². The van der Waals surface area contributed by atoms with Crippen LogP contribution in [0.1, 0.15) is 102 Å². The molecule has 0 aliphatic rings. The van der Waals surface area contributed by atoms with E-state index >= 15 is 0 Å². The van der Waals surface area contributed by atoms with Crippen molar-refractivity contribution in [1.29, 1.82) is 0 Å². The maximum atomic E-state index is 2.37. The number of quaternary nitrogens is 1. The summed E-state index contributed by atoms with van der Waals surface area (Å²) in [5.74, 6) is 0. The van der Waals surface area contributed by atoms with Gasteiger partial charge in [-0.1, -0.05) is 114 Å². The molecule has 0 radical (unpaired) electrons. The van der Waals surface area contributed by atoms with Gasteiger partial charge in [0.1, 0.15) is 6.54 Å². The lowest BCUT2D eigenvalue weighted by Gasteiger charge is -2.30. The fraction of sp³-hybridized carbons (Fsp3) is 0.760. The molecule has 1 nitrogen and oxygen atoms in total. The Kier molecular flexibility index (Phi) is 16.7. The molecule has 158 valence electrons. The lowest BCUT2D eigenvalue weighted by atomic mass is 10.0. The Labute approximate surface area is 169 Å². The molecule has 1 rings (SSSR count). The Bertz CT molecular complexity index is 416. The van der Waals surface area contributed by atoms with E-state index in [1.807, 2.05) is 0 Å². The van der Waals surface area contributed by atoms with Crippen LogP contribution in [0.25, 0.3) is 0 Å². The van der Waals surface area contributed by atoms with E-state index in [4.69, 9.17) is 0 Å². The number of nitrogens with zero attached hydrogens (tertiary/aromatic N) is 1. The first-order valence-electron chi connectivity index (χ1n) is 11.5. The smallest absolute Gasteiger partial charge is 0.104 e. The van der Waals surface area contributed by atoms with Crippen molar-refractivity contribution in [2.24, 2.45) is 0 Å². The molecule has 0 aliphatic heterocycles. The van der Waals surface area contributed by atoms with Crippen molar-refractivity contribution in [1.82, 2.24) is 0 Å². The summed E-state index contributed by atoms with van der Waals surface area (Å²) < 4.78 is 1.11. The quantitative estimate of drug-likeness (QED) is 0.271. The normalized spacial score (nSPS) is 11.4. The van der Waals surface area contributed by atoms with Crippen molar-refractivity contribution in [3.8, 4) is 0 Å². The average molecular weight is 380 g/mol. The van der Waals surface area contributed by atoms with Gasteiger partial charge in [0.15, 0.2) is 0 Å². The molecule has 0 saturated heterocycles. The van der Waals surface area contributed by atoms with Gasteiger partial charge in [0.05, 0.1) is 20.6 Å². The third-order valence-corrected chi connectivity index (χ3v) is 5.57. The summed E-state index contributed by atoms with van der Waals surface area (Å²) >= 11 is 0. The number of hydrogen-bond acceptors (Lipinski definition) is 0. The highest BCUT2D eigenvalue weighted by atomic mass is 19.0. The molecule has 0 unspecified atom stereocenters. The van der Waals surface area contributed by atoms with Crippen LogP contribution in [0, 0.1) is 0 Å². The summed E-state index contributed by atoms with van der Waals surface area (Å²) in [5, 5.41) is 0. The van der Waals surface area contributed by atoms with Crippen LogP contribution in [-0.4, -0.2) is 25.1 Å². The van der Waals surface area contributed by atoms with Crippen LogP contribution in [-0.2, 0) is 6.54 Å². The fourth-order valence-electron chi connectivity index (χ4n) is 3.89. The Morgan fingerprint density at radius 1 is 0.593 bits per heavy atom. The van der Waals surface area contributed by atoms with E-state index in [0.29, 0.717) is 0 Å². The van der Waals surface area contributed by atoms with E-state index in [2.05, 4.69) is 51.4 Å². The molecule has 0 heterocycles. The number of benzene rings is 1. The van der Waals surface area contributed by atoms with E-state index in [1.54, 1.807) is 0 Å². The van der Waals surface area contributed by atoms with Crippen LogP contribution in [0.2, 0.25) is 0 Å². The fourth-order valence-corrected chi connectivity index (χ4v) is 3.89. The number of hydrogen-bond donors (Lipinski definition) is 0. The molecule has 2 heteroatoms. The van der Waals surface area contributed by atoms with Gasteiger partial charge >= 0.3 is 0 Å². The third-order valence-electron chi connectivity index (χ3n) is 5.57. The highest BCUT2D eigenvalue weighted by Crippen LogP contribution is 2.14. The van der Waals surface area contributed by atoms with Gasteiger partial charge in [-0.05, 0) is 12.8 Å². The van der Waals surface area contributed by atoms with Gasteiger partial charge in [0.25, 0.3) is 0 Å². The second kappa shape index (κ2) is 17.2. The lowest BCUT2D eigenvalue weighted by Crippen LogP contribution is -3.00. The zero-order chi connectivity index (χ0) is 18.9. The minimum absolute atomic E-state index is 0. The van der Waals surface area contributed by atoms with Crippen molar-refractivity contribution in [3.63, 3.8) is 0 Å². The highest BCUT2D eigenvalue weighted by Gasteiger charge is 2.14. The van der Waals surface area contributed by atoms with Gasteiger partial charge in [-0.3, -0.25) is 0 Å². The van der Waals surface area contributed by atoms with Crippen LogP contribution in [0.5, 0.6) is 0 Å². The first kappa shape index (κ1) is 26.1. The molecule has 0 bridgehead atoms. The standard InChI is InChI=1S/C25H46N.FH/c1-4-5-6-7-8-9-10-11-12-13-14-15-16-20-23-26(2,3)24-25-21-18-17-19-22-25;/h17-19,21-22H,4-16,20,23-24H2,1-3H3;1H/q+1;/p-1. The van der Waals surface area contributed by atoms with Crippen molar-refractivity contribution in [2.75, 3.05) is 20.6 Å². The topological polar surface area (TPSA) is 0 Å². The average Bonchev–Trinajstić information content (AvgIpc) is 2.62. The van der Waals surface area contributed by atoms with Crippen LogP contribution >= 0.6 is 0 Å². The van der Waals surface area contributed by atoms with E-state index in [9.17, 15) is 0 Å². The molecule has 0 aliphatic carbocycles. The first-order valence-corrected chi connectivity index (χ1v) is 11.5. The largest absolute Gasteiger partial charge is 1.00 e. The summed E-state index contributed by atoms with van der Waals surface area (Å²) in [6.45, 7) is 4.75. The summed E-state index contributed by atoms with van der Waals surface area (Å²) in [7, 11) is 4.74. The molecular formula is C25H46FN. The summed E-state index contributed by atoms with van der Waals surface area (Å²) in [6, 6.07) is 10.9. The monoisotopic (exact) mass is 379 g/mol. The van der Waals surface area contributed by atoms with Crippen LogP contribution in [0.15, 0.2) is 30.3 Å². The van der Waals surface area contributed by atoms with E-state index < -0.39 is 0 Å². The van der Waals surface area contributed by atoms with E-state index in [-0.39, 0.29) is 4.70 Å². The Morgan fingerprint density at radius 2 is 1.00 bits per heavy atom. The lowest BCUT2D eigenvalue weighted by molar-refractivity contribution is -0.903. The van der Waals surface area contributed by atoms with E-state index in [1.165, 1.54) is 102 Å². The summed E-state index contributed by atoms with van der Waals surface area (Å²) in [5.41, 5.74) is 1.46. The first-order chi connectivity index (χ1) is 12.6. The molecule has 1 aromatic rings. The Balaban J connectivity index is 0.00000676. The highest BCUT2D eigenvalue weighted by molar-refractivity contribution is 5.13. The molecular weight excluding hydrogens is 333 g/mol. The minimum atomic E-state index is 0. The van der Waals surface area contributed by atoms with Gasteiger partial charge < -0.3 is 9.19 Å². The Hall–Kier alpha value is -0.890. The molecule has 27 heavy (non-hydrogen) atoms. The number of halogens is 1. The number of rotatable bonds is 17.